The molecule has 2 heterocycles. The van der Waals surface area contributed by atoms with Crippen LogP contribution in [-0.2, 0) is 16.0 Å². The Balaban J connectivity index is 1.31. The molecule has 2 aromatic carbocycles. The van der Waals surface area contributed by atoms with Crippen LogP contribution in [0, 0.1) is 5.41 Å². The number of thiophene rings is 1. The summed E-state index contributed by atoms with van der Waals surface area (Å²) in [7, 11) is 0. The minimum Gasteiger partial charge on any atom is -0.481 e. The van der Waals surface area contributed by atoms with Crippen molar-refractivity contribution >= 4 is 49.4 Å². The number of hydrogen-bond donors (Lipinski definition) is 3. The topological polar surface area (TPSA) is 130 Å². The number of alkyl carbamates (subject to hydrolysis) is 1. The van der Waals surface area contributed by atoms with E-state index in [9.17, 15) is 14.7 Å². The monoisotopic (exact) mass is 597 g/mol. The van der Waals surface area contributed by atoms with E-state index in [1.54, 1.807) is 11.3 Å². The molecule has 0 spiro atoms. The van der Waals surface area contributed by atoms with Crippen LogP contribution in [0.4, 0.5) is 4.79 Å². The van der Waals surface area contributed by atoms with Gasteiger partial charge in [0.25, 0.3) is 0 Å². The maximum atomic E-state index is 12.5. The fraction of sp³-hybridized carbons (Fsp3) is 0.370. The molecule has 0 radical (unpaired) electrons. The molecular weight excluding hydrogens is 570 g/mol. The molecule has 11 heteroatoms. The van der Waals surface area contributed by atoms with Gasteiger partial charge in [0.15, 0.2) is 5.82 Å². The molecule has 0 saturated heterocycles. The Morgan fingerprint density at radius 2 is 1.97 bits per heavy atom. The van der Waals surface area contributed by atoms with Crippen LogP contribution >= 0.6 is 27.3 Å². The van der Waals surface area contributed by atoms with Gasteiger partial charge in [0.05, 0.1) is 10.3 Å². The number of carbonyl (C=O) groups is 2. The van der Waals surface area contributed by atoms with Crippen LogP contribution in [0.15, 0.2) is 46.9 Å². The van der Waals surface area contributed by atoms with Crippen molar-refractivity contribution in [2.45, 2.75) is 51.6 Å². The minimum absolute atomic E-state index is 0.0970. The first-order valence-electron chi connectivity index (χ1n) is 12.6. The molecule has 1 fully saturated rings. The number of carboxylic acids is 1. The summed E-state index contributed by atoms with van der Waals surface area (Å²) in [6.07, 6.45) is 3.20. The van der Waals surface area contributed by atoms with Crippen molar-refractivity contribution in [2.75, 3.05) is 6.54 Å². The molecule has 2 aromatic heterocycles. The molecule has 38 heavy (non-hydrogen) atoms. The zero-order valence-corrected chi connectivity index (χ0v) is 23.3. The highest BCUT2D eigenvalue weighted by Gasteiger charge is 2.41. The smallest absolute Gasteiger partial charge is 0.407 e. The van der Waals surface area contributed by atoms with E-state index in [0.29, 0.717) is 31.5 Å². The van der Waals surface area contributed by atoms with Crippen LogP contribution in [0.2, 0.25) is 0 Å². The number of aliphatic carboxylic acids is 1. The number of rotatable bonds is 9. The van der Waals surface area contributed by atoms with Gasteiger partial charge in [-0.3, -0.25) is 4.79 Å². The second-order valence-electron chi connectivity index (χ2n) is 9.66. The number of nitrogens with zero attached hydrogens (tertiary/aromatic N) is 3. The highest BCUT2D eigenvalue weighted by atomic mass is 79.9. The van der Waals surface area contributed by atoms with Crippen molar-refractivity contribution in [3.8, 4) is 21.8 Å². The Labute approximate surface area is 232 Å². The van der Waals surface area contributed by atoms with Gasteiger partial charge >= 0.3 is 12.1 Å². The molecular formula is C27H28BrN5O4S. The molecule has 5 rings (SSSR count). The zero-order chi connectivity index (χ0) is 26.7. The molecule has 3 N–H and O–H groups in total. The third kappa shape index (κ3) is 5.30. The molecule has 198 valence electrons. The summed E-state index contributed by atoms with van der Waals surface area (Å²) in [6.45, 7) is 2.07. The lowest BCUT2D eigenvalue weighted by Crippen LogP contribution is -2.42. The van der Waals surface area contributed by atoms with E-state index in [1.807, 2.05) is 31.2 Å². The van der Waals surface area contributed by atoms with Gasteiger partial charge in [-0.15, -0.1) is 16.4 Å². The predicted molar refractivity (Wildman–Crippen MR) is 149 cm³/mol. The molecule has 1 atom stereocenters. The van der Waals surface area contributed by atoms with Gasteiger partial charge < -0.3 is 15.2 Å². The molecule has 1 saturated carbocycles. The number of carboxylic acid groups (broad SMARTS) is 1. The molecule has 0 bridgehead atoms. The van der Waals surface area contributed by atoms with Crippen molar-refractivity contribution in [1.29, 1.82) is 0 Å². The first kappa shape index (κ1) is 26.3. The summed E-state index contributed by atoms with van der Waals surface area (Å²) in [6, 6.07) is 14.3. The fourth-order valence-electron chi connectivity index (χ4n) is 5.06. The van der Waals surface area contributed by atoms with Crippen molar-refractivity contribution in [3.63, 3.8) is 0 Å². The van der Waals surface area contributed by atoms with Crippen LogP contribution in [0.25, 0.3) is 31.9 Å². The minimum atomic E-state index is -0.878. The summed E-state index contributed by atoms with van der Waals surface area (Å²) < 4.78 is 7.80. The van der Waals surface area contributed by atoms with E-state index in [0.717, 1.165) is 49.0 Å². The molecule has 4 aromatic rings. The first-order valence-corrected chi connectivity index (χ1v) is 14.2. The lowest BCUT2D eigenvalue weighted by Gasteiger charge is -2.24. The average Bonchev–Trinajstić information content (AvgIpc) is 3.69. The molecule has 1 aliphatic carbocycles. The Hall–Kier alpha value is -3.31. The Morgan fingerprint density at radius 1 is 1.21 bits per heavy atom. The number of hydrogen-bond acceptors (Lipinski definition) is 7. The lowest BCUT2D eigenvalue weighted by molar-refractivity contribution is -0.148. The molecule has 1 aliphatic rings. The van der Waals surface area contributed by atoms with Crippen molar-refractivity contribution in [1.82, 2.24) is 25.9 Å². The number of benzene rings is 2. The highest BCUT2D eigenvalue weighted by molar-refractivity contribution is 9.10. The van der Waals surface area contributed by atoms with Crippen LogP contribution in [-0.4, -0.2) is 50.4 Å². The number of halogens is 1. The Morgan fingerprint density at radius 3 is 2.66 bits per heavy atom. The van der Waals surface area contributed by atoms with E-state index in [4.69, 9.17) is 4.74 Å². The predicted octanol–water partition coefficient (Wildman–Crippen LogP) is 6.20. The number of carbonyl (C=O) groups excluding carboxylic acids is 1. The summed E-state index contributed by atoms with van der Waals surface area (Å²) in [5.74, 6) is -0.245. The van der Waals surface area contributed by atoms with Crippen molar-refractivity contribution < 1.29 is 19.4 Å². The number of fused-ring (bicyclic) bond motifs is 1. The summed E-state index contributed by atoms with van der Waals surface area (Å²) in [5.41, 5.74) is 2.11. The second kappa shape index (κ2) is 11.2. The van der Waals surface area contributed by atoms with Crippen LogP contribution < -0.4 is 5.32 Å². The number of aromatic amines is 1. The van der Waals surface area contributed by atoms with E-state index < -0.39 is 17.5 Å². The fourth-order valence-corrected chi connectivity index (χ4v) is 7.09. The third-order valence-electron chi connectivity index (χ3n) is 7.24. The maximum Gasteiger partial charge on any atom is 0.407 e. The van der Waals surface area contributed by atoms with Crippen LogP contribution in [0.5, 0.6) is 0 Å². The van der Waals surface area contributed by atoms with Crippen LogP contribution in [0.1, 0.15) is 44.6 Å². The third-order valence-corrected chi connectivity index (χ3v) is 9.53. The van der Waals surface area contributed by atoms with Gasteiger partial charge in [-0.25, -0.2) is 9.89 Å². The van der Waals surface area contributed by atoms with Gasteiger partial charge in [-0.1, -0.05) is 50.1 Å². The number of amides is 1. The number of nitrogens with one attached hydrogen (secondary N) is 2. The van der Waals surface area contributed by atoms with E-state index in [-0.39, 0.29) is 12.6 Å². The average molecular weight is 599 g/mol. The quantitative estimate of drug-likeness (QED) is 0.209. The first-order chi connectivity index (χ1) is 18.4. The SMILES string of the molecule is CCC(Cc1ccc2sc(-c3ccccc3-c3nnn[nH]3)c(Br)c2c1)OC(=O)NCC1(C(=O)O)CCCC1. The number of ether oxygens (including phenoxy) is 1. The van der Waals surface area contributed by atoms with Crippen LogP contribution in [0.3, 0.4) is 0 Å². The van der Waals surface area contributed by atoms with E-state index >= 15 is 0 Å². The number of aromatic nitrogens is 4. The normalized spacial score (nSPS) is 15.4. The summed E-state index contributed by atoms with van der Waals surface area (Å²) in [5, 5.41) is 27.8. The number of tetrazole rings is 1. The Bertz CT molecular complexity index is 1450. The second-order valence-corrected chi connectivity index (χ2v) is 11.5. The van der Waals surface area contributed by atoms with Crippen molar-refractivity contribution in [2.24, 2.45) is 5.41 Å². The largest absolute Gasteiger partial charge is 0.481 e. The van der Waals surface area contributed by atoms with E-state index in [1.165, 1.54) is 0 Å². The van der Waals surface area contributed by atoms with Gasteiger partial charge in [0.2, 0.25) is 0 Å². The molecule has 1 amide bonds. The highest BCUT2D eigenvalue weighted by Crippen LogP contribution is 2.45. The number of H-pyrrole nitrogens is 1. The standard InChI is InChI=1S/C27H28BrN5O4S/c1-2-17(37-26(36)29-15-27(25(34)35)11-5-6-12-27)13-16-9-10-21-20(14-16)22(28)23(38-21)18-7-3-4-8-19(18)24-30-32-33-31-24/h3-4,7-10,14,17H,2,5-6,11-13,15H2,1H3,(H,29,36)(H,34,35)(H,30,31,32,33). The maximum absolute atomic E-state index is 12.5. The summed E-state index contributed by atoms with van der Waals surface area (Å²) >= 11 is 5.50. The lowest BCUT2D eigenvalue weighted by atomic mass is 9.86. The van der Waals surface area contributed by atoms with E-state index in [2.05, 4.69) is 60.1 Å². The van der Waals surface area contributed by atoms with Gasteiger partial charge in [0, 0.05) is 38.7 Å². The van der Waals surface area contributed by atoms with Gasteiger partial charge in [0.1, 0.15) is 6.10 Å². The zero-order valence-electron chi connectivity index (χ0n) is 20.9. The van der Waals surface area contributed by atoms with Gasteiger partial charge in [-0.2, -0.15) is 0 Å². The van der Waals surface area contributed by atoms with Crippen molar-refractivity contribution in [3.05, 3.63) is 52.5 Å². The Kier molecular flexibility index (Phi) is 7.75. The molecule has 9 nitrogen and oxygen atoms in total. The van der Waals surface area contributed by atoms with Gasteiger partial charge in [-0.05, 0) is 63.3 Å². The summed E-state index contributed by atoms with van der Waals surface area (Å²) in [4.78, 5) is 25.4. The molecule has 0 aliphatic heterocycles. The molecule has 1 unspecified atom stereocenters.